The average molecular weight is 704 g/mol. The van der Waals surface area contributed by atoms with Gasteiger partial charge in [-0.05, 0) is 49.2 Å². The van der Waals surface area contributed by atoms with Gasteiger partial charge in [-0.3, -0.25) is 14.6 Å². The fourth-order valence-electron chi connectivity index (χ4n) is 4.77. The van der Waals surface area contributed by atoms with Crippen LogP contribution in [0.2, 0.25) is 20.1 Å². The molecule has 3 atom stereocenters. The van der Waals surface area contributed by atoms with Crippen LogP contribution in [0.3, 0.4) is 0 Å². The molecule has 44 heavy (non-hydrogen) atoms. The van der Waals surface area contributed by atoms with Crippen LogP contribution in [-0.2, 0) is 30.8 Å². The molecule has 1 fully saturated rings. The van der Waals surface area contributed by atoms with E-state index in [1.807, 2.05) is 0 Å². The van der Waals surface area contributed by atoms with E-state index >= 15 is 0 Å². The zero-order valence-electron chi connectivity index (χ0n) is 23.2. The largest absolute Gasteiger partial charge is 0.467 e. The van der Waals surface area contributed by atoms with E-state index in [0.717, 1.165) is 11.4 Å². The number of halogens is 4. The number of hydrogen-bond donors (Lipinski definition) is 3. The smallest absolute Gasteiger partial charge is 0.328 e. The van der Waals surface area contributed by atoms with Crippen LogP contribution in [0.25, 0.3) is 0 Å². The maximum Gasteiger partial charge on any atom is 0.328 e. The Labute approximate surface area is 273 Å². The molecule has 0 radical (unpaired) electrons. The van der Waals surface area contributed by atoms with Gasteiger partial charge in [0.1, 0.15) is 12.1 Å². The third-order valence-corrected chi connectivity index (χ3v) is 9.79. The SMILES string of the molecule is COC(=O)[C@H](Cc1ccc(NC(=O)c2c(Cl)cncc2Cl)cc1)NC(=O)[C@@H]1N(S(=O)(=O)c2cc(Cl)cc(Cl)c2)CCC1(C)O. The number of nitrogens with zero attached hydrogens (tertiary/aromatic N) is 2. The molecule has 1 aromatic heterocycles. The standard InChI is InChI=1S/C28H26Cl4N4O7S/c1-28(40)7-8-36(44(41,42)19-11-16(29)10-17(30)12-19)24(28)26(38)35-22(27(39)43-2)9-15-3-5-18(6-4-15)34-25(37)23-20(31)13-33-14-21(23)32/h3-6,10-14,22,24,40H,7-9H2,1-2H3,(H,34,37)(H,35,38)/t22-,24-,28?/m0/s1. The van der Waals surface area contributed by atoms with Crippen LogP contribution in [0.1, 0.15) is 29.3 Å². The van der Waals surface area contributed by atoms with Crippen molar-refractivity contribution in [1.29, 1.82) is 0 Å². The first-order valence-electron chi connectivity index (χ1n) is 12.9. The van der Waals surface area contributed by atoms with Crippen molar-refractivity contribution in [2.75, 3.05) is 19.0 Å². The van der Waals surface area contributed by atoms with Crippen molar-refractivity contribution < 1.29 is 32.6 Å². The quantitative estimate of drug-likeness (QED) is 0.278. The summed E-state index contributed by atoms with van der Waals surface area (Å²) in [7, 11) is -3.20. The maximum absolute atomic E-state index is 13.6. The monoisotopic (exact) mass is 702 g/mol. The van der Waals surface area contributed by atoms with Gasteiger partial charge < -0.3 is 20.5 Å². The van der Waals surface area contributed by atoms with Gasteiger partial charge in [0.05, 0.1) is 33.2 Å². The minimum absolute atomic E-state index is 0.0510. The van der Waals surface area contributed by atoms with Crippen molar-refractivity contribution >= 4 is 79.9 Å². The normalized spacial score (nSPS) is 19.3. The summed E-state index contributed by atoms with van der Waals surface area (Å²) < 4.78 is 32.8. The molecule has 3 N–H and O–H groups in total. The molecule has 234 valence electrons. The number of ether oxygens (including phenoxy) is 1. The maximum atomic E-state index is 13.6. The van der Waals surface area contributed by atoms with Gasteiger partial charge in [0.15, 0.2) is 0 Å². The number of rotatable bonds is 9. The Bertz CT molecular complexity index is 1660. The Hall–Kier alpha value is -2.97. The van der Waals surface area contributed by atoms with E-state index in [1.54, 1.807) is 24.3 Å². The van der Waals surface area contributed by atoms with E-state index in [2.05, 4.69) is 15.6 Å². The van der Waals surface area contributed by atoms with Crippen LogP contribution in [0.4, 0.5) is 5.69 Å². The van der Waals surface area contributed by atoms with E-state index in [9.17, 15) is 27.9 Å². The third kappa shape index (κ3) is 7.45. The highest BCUT2D eigenvalue weighted by Crippen LogP contribution is 2.35. The summed E-state index contributed by atoms with van der Waals surface area (Å²) in [5.74, 6) is -2.26. The fourth-order valence-corrected chi connectivity index (χ4v) is 7.71. The molecule has 2 amide bonds. The second-order valence-corrected chi connectivity index (χ2v) is 13.7. The lowest BCUT2D eigenvalue weighted by Gasteiger charge is -2.31. The summed E-state index contributed by atoms with van der Waals surface area (Å²) in [6.45, 7) is 1.16. The van der Waals surface area contributed by atoms with Crippen LogP contribution in [-0.4, -0.2) is 71.9 Å². The minimum atomic E-state index is -4.34. The molecular weight excluding hydrogens is 678 g/mol. The first-order chi connectivity index (χ1) is 20.6. The number of pyridine rings is 1. The number of esters is 1. The van der Waals surface area contributed by atoms with Gasteiger partial charge in [0.2, 0.25) is 15.9 Å². The summed E-state index contributed by atoms with van der Waals surface area (Å²) in [4.78, 5) is 42.5. The van der Waals surface area contributed by atoms with Gasteiger partial charge in [-0.15, -0.1) is 0 Å². The molecule has 2 heterocycles. The van der Waals surface area contributed by atoms with Crippen molar-refractivity contribution in [3.05, 3.63) is 86.1 Å². The predicted octanol–water partition coefficient (Wildman–Crippen LogP) is 4.36. The Balaban J connectivity index is 1.52. The number of sulfonamides is 1. The van der Waals surface area contributed by atoms with Crippen molar-refractivity contribution in [2.24, 2.45) is 0 Å². The predicted molar refractivity (Wildman–Crippen MR) is 166 cm³/mol. The van der Waals surface area contributed by atoms with E-state index in [0.29, 0.717) is 11.3 Å². The summed E-state index contributed by atoms with van der Waals surface area (Å²) in [6.07, 6.45) is 2.48. The number of anilines is 1. The van der Waals surface area contributed by atoms with Crippen molar-refractivity contribution in [2.45, 2.75) is 42.3 Å². The Kier molecular flexibility index (Phi) is 10.5. The zero-order valence-corrected chi connectivity index (χ0v) is 27.0. The molecule has 4 rings (SSSR count). The Morgan fingerprint density at radius 3 is 2.23 bits per heavy atom. The van der Waals surface area contributed by atoms with E-state index < -0.39 is 45.5 Å². The van der Waals surface area contributed by atoms with Gasteiger partial charge in [0.25, 0.3) is 5.91 Å². The molecule has 0 bridgehead atoms. The summed E-state index contributed by atoms with van der Waals surface area (Å²) in [5.41, 5.74) is -0.751. The van der Waals surface area contributed by atoms with Crippen molar-refractivity contribution in [1.82, 2.24) is 14.6 Å². The van der Waals surface area contributed by atoms with E-state index in [4.69, 9.17) is 51.1 Å². The lowest BCUT2D eigenvalue weighted by molar-refractivity contribution is -0.146. The van der Waals surface area contributed by atoms with Gasteiger partial charge >= 0.3 is 5.97 Å². The van der Waals surface area contributed by atoms with Crippen LogP contribution in [0.5, 0.6) is 0 Å². The Morgan fingerprint density at radius 2 is 1.66 bits per heavy atom. The summed E-state index contributed by atoms with van der Waals surface area (Å²) in [6, 6.07) is 7.27. The number of methoxy groups -OCH3 is 1. The van der Waals surface area contributed by atoms with E-state index in [1.165, 1.54) is 37.5 Å². The van der Waals surface area contributed by atoms with E-state index in [-0.39, 0.29) is 49.9 Å². The highest BCUT2D eigenvalue weighted by atomic mass is 35.5. The van der Waals surface area contributed by atoms with Gasteiger partial charge in [0, 0.05) is 41.1 Å². The zero-order chi connectivity index (χ0) is 32.4. The number of aliphatic hydroxyl groups is 1. The highest BCUT2D eigenvalue weighted by molar-refractivity contribution is 7.89. The third-order valence-electron chi connectivity index (χ3n) is 6.94. The second kappa shape index (κ2) is 13.6. The molecule has 0 aliphatic carbocycles. The molecule has 16 heteroatoms. The van der Waals surface area contributed by atoms with Crippen LogP contribution in [0, 0.1) is 0 Å². The number of carbonyl (C=O) groups is 3. The number of nitrogens with one attached hydrogen (secondary N) is 2. The average Bonchev–Trinajstić information content (AvgIpc) is 3.28. The van der Waals surface area contributed by atoms with Crippen molar-refractivity contribution in [3.8, 4) is 0 Å². The highest BCUT2D eigenvalue weighted by Gasteiger charge is 2.52. The number of benzene rings is 2. The number of aromatic nitrogens is 1. The van der Waals surface area contributed by atoms with Crippen molar-refractivity contribution in [3.63, 3.8) is 0 Å². The number of carbonyl (C=O) groups excluding carboxylic acids is 3. The Morgan fingerprint density at radius 1 is 1.07 bits per heavy atom. The number of amides is 2. The van der Waals surface area contributed by atoms with Crippen LogP contribution < -0.4 is 10.6 Å². The fraction of sp³-hybridized carbons (Fsp3) is 0.286. The van der Waals surface area contributed by atoms with Crippen LogP contribution >= 0.6 is 46.4 Å². The molecule has 1 saturated heterocycles. The molecule has 1 aliphatic rings. The summed E-state index contributed by atoms with van der Waals surface area (Å²) >= 11 is 24.1. The molecule has 1 unspecified atom stereocenters. The number of hydrogen-bond acceptors (Lipinski definition) is 8. The van der Waals surface area contributed by atoms with Gasteiger partial charge in [-0.1, -0.05) is 58.5 Å². The molecule has 0 saturated carbocycles. The first-order valence-corrected chi connectivity index (χ1v) is 15.9. The summed E-state index contributed by atoms with van der Waals surface area (Å²) in [5, 5.41) is 16.5. The lowest BCUT2D eigenvalue weighted by atomic mass is 9.96. The molecule has 3 aromatic rings. The van der Waals surface area contributed by atoms with Crippen LogP contribution in [0.15, 0.2) is 59.8 Å². The van der Waals surface area contributed by atoms with Gasteiger partial charge in [-0.25, -0.2) is 13.2 Å². The minimum Gasteiger partial charge on any atom is -0.467 e. The second-order valence-electron chi connectivity index (χ2n) is 10.1. The topological polar surface area (TPSA) is 155 Å². The molecule has 2 aromatic carbocycles. The molecule has 0 spiro atoms. The lowest BCUT2D eigenvalue weighted by Crippen LogP contribution is -2.57. The molecule has 11 nitrogen and oxygen atoms in total. The molecule has 1 aliphatic heterocycles. The van der Waals surface area contributed by atoms with Gasteiger partial charge in [-0.2, -0.15) is 4.31 Å². The molecular formula is C28H26Cl4N4O7S. The first kappa shape index (κ1) is 33.9.